The van der Waals surface area contributed by atoms with Crippen molar-refractivity contribution in [1.29, 1.82) is 0 Å². The van der Waals surface area contributed by atoms with Crippen molar-refractivity contribution in [3.63, 3.8) is 0 Å². The van der Waals surface area contributed by atoms with E-state index in [4.69, 9.17) is 5.11 Å². The molecule has 0 unspecified atom stereocenters. The normalized spacial score (nSPS) is 20.1. The highest BCUT2D eigenvalue weighted by Crippen LogP contribution is 2.18. The Kier molecular flexibility index (Phi) is 3.14. The third-order valence-electron chi connectivity index (χ3n) is 2.78. The summed E-state index contributed by atoms with van der Waals surface area (Å²) in [6.45, 7) is 1.23. The predicted molar refractivity (Wildman–Crippen MR) is 55.3 cm³/mol. The lowest BCUT2D eigenvalue weighted by Gasteiger charge is -2.15. The molecule has 0 bridgehead atoms. The van der Waals surface area contributed by atoms with Crippen molar-refractivity contribution in [1.82, 2.24) is 9.88 Å². The summed E-state index contributed by atoms with van der Waals surface area (Å²) in [6.07, 6.45) is 3.22. The Balaban J connectivity index is 2.08. The second kappa shape index (κ2) is 4.57. The maximum atomic E-state index is 12.9. The van der Waals surface area contributed by atoms with Crippen LogP contribution in [0.25, 0.3) is 0 Å². The van der Waals surface area contributed by atoms with Crippen molar-refractivity contribution in [3.8, 4) is 0 Å². The summed E-state index contributed by atoms with van der Waals surface area (Å²) in [7, 11) is 0. The van der Waals surface area contributed by atoms with Gasteiger partial charge in [-0.05, 0) is 12.5 Å². The quantitative estimate of drug-likeness (QED) is 0.803. The largest absolute Gasteiger partial charge is 0.396 e. The van der Waals surface area contributed by atoms with E-state index >= 15 is 0 Å². The molecule has 0 spiro atoms. The van der Waals surface area contributed by atoms with Crippen LogP contribution < -0.4 is 0 Å². The van der Waals surface area contributed by atoms with E-state index in [-0.39, 0.29) is 24.0 Å². The molecule has 1 saturated heterocycles. The SMILES string of the molecule is O=C(c1cncc(F)c1)N1CC[C@@H](CO)C1. The fourth-order valence-corrected chi connectivity index (χ4v) is 1.88. The summed E-state index contributed by atoms with van der Waals surface area (Å²) in [6, 6.07) is 1.18. The lowest BCUT2D eigenvalue weighted by Crippen LogP contribution is -2.29. The van der Waals surface area contributed by atoms with Gasteiger partial charge in [0.25, 0.3) is 5.91 Å². The van der Waals surface area contributed by atoms with Crippen LogP contribution in [0.15, 0.2) is 18.5 Å². The van der Waals surface area contributed by atoms with Gasteiger partial charge in [0.05, 0.1) is 11.8 Å². The first-order chi connectivity index (χ1) is 7.70. The van der Waals surface area contributed by atoms with Gasteiger partial charge < -0.3 is 10.0 Å². The highest BCUT2D eigenvalue weighted by molar-refractivity contribution is 5.94. The van der Waals surface area contributed by atoms with Crippen LogP contribution in [0.3, 0.4) is 0 Å². The average molecular weight is 224 g/mol. The number of carbonyl (C=O) groups is 1. The maximum absolute atomic E-state index is 12.9. The van der Waals surface area contributed by atoms with Crippen molar-refractivity contribution in [2.24, 2.45) is 5.92 Å². The molecule has 1 atom stereocenters. The van der Waals surface area contributed by atoms with E-state index in [9.17, 15) is 9.18 Å². The van der Waals surface area contributed by atoms with Crippen LogP contribution in [0.1, 0.15) is 16.8 Å². The van der Waals surface area contributed by atoms with Crippen molar-refractivity contribution in [3.05, 3.63) is 29.8 Å². The summed E-state index contributed by atoms with van der Waals surface area (Å²) in [4.78, 5) is 17.2. The lowest BCUT2D eigenvalue weighted by atomic mass is 10.1. The Morgan fingerprint density at radius 3 is 3.06 bits per heavy atom. The molecule has 0 aromatic carbocycles. The molecule has 0 radical (unpaired) electrons. The Hall–Kier alpha value is -1.49. The summed E-state index contributed by atoms with van der Waals surface area (Å²) >= 11 is 0. The van der Waals surface area contributed by atoms with E-state index in [0.717, 1.165) is 12.6 Å². The van der Waals surface area contributed by atoms with Crippen molar-refractivity contribution >= 4 is 5.91 Å². The summed E-state index contributed by atoms with van der Waals surface area (Å²) in [5.41, 5.74) is 0.263. The van der Waals surface area contributed by atoms with Crippen LogP contribution in [0.5, 0.6) is 0 Å². The van der Waals surface area contributed by atoms with Crippen molar-refractivity contribution < 1.29 is 14.3 Å². The van der Waals surface area contributed by atoms with Crippen molar-refractivity contribution in [2.45, 2.75) is 6.42 Å². The monoisotopic (exact) mass is 224 g/mol. The molecule has 5 heteroatoms. The molecule has 1 aromatic heterocycles. The zero-order valence-electron chi connectivity index (χ0n) is 8.77. The van der Waals surface area contributed by atoms with E-state index in [1.54, 1.807) is 4.90 Å². The van der Waals surface area contributed by atoms with Gasteiger partial charge in [0.1, 0.15) is 5.82 Å². The number of pyridine rings is 1. The van der Waals surface area contributed by atoms with Gasteiger partial charge >= 0.3 is 0 Å². The highest BCUT2D eigenvalue weighted by atomic mass is 19.1. The van der Waals surface area contributed by atoms with Gasteiger partial charge in [0.15, 0.2) is 0 Å². The van der Waals surface area contributed by atoms with Gasteiger partial charge in [-0.3, -0.25) is 9.78 Å². The minimum Gasteiger partial charge on any atom is -0.396 e. The standard InChI is InChI=1S/C11H13FN2O2/c12-10-3-9(4-13-5-10)11(16)14-2-1-8(6-14)7-15/h3-5,8,15H,1-2,6-7H2/t8-/m1/s1. The van der Waals surface area contributed by atoms with E-state index in [1.807, 2.05) is 0 Å². The second-order valence-corrected chi connectivity index (χ2v) is 3.98. The number of amides is 1. The molecular formula is C11H13FN2O2. The zero-order chi connectivity index (χ0) is 11.5. The smallest absolute Gasteiger partial charge is 0.255 e. The number of hydrogen-bond donors (Lipinski definition) is 1. The molecule has 1 aliphatic heterocycles. The fourth-order valence-electron chi connectivity index (χ4n) is 1.88. The fraction of sp³-hybridized carbons (Fsp3) is 0.455. The molecule has 1 N–H and O–H groups in total. The summed E-state index contributed by atoms with van der Waals surface area (Å²) < 4.78 is 12.9. The van der Waals surface area contributed by atoms with E-state index in [0.29, 0.717) is 13.1 Å². The number of hydrogen-bond acceptors (Lipinski definition) is 3. The topological polar surface area (TPSA) is 53.4 Å². The Morgan fingerprint density at radius 1 is 1.62 bits per heavy atom. The Morgan fingerprint density at radius 2 is 2.44 bits per heavy atom. The number of carbonyl (C=O) groups excluding carboxylic acids is 1. The van der Waals surface area contributed by atoms with Crippen LogP contribution in [-0.4, -0.2) is 40.6 Å². The third kappa shape index (κ3) is 2.19. The van der Waals surface area contributed by atoms with Crippen LogP contribution in [0, 0.1) is 11.7 Å². The molecule has 0 saturated carbocycles. The zero-order valence-corrected chi connectivity index (χ0v) is 8.77. The predicted octanol–water partition coefficient (Wildman–Crippen LogP) is 0.675. The van der Waals surface area contributed by atoms with Gasteiger partial charge in [-0.25, -0.2) is 4.39 Å². The Labute approximate surface area is 92.7 Å². The summed E-state index contributed by atoms with van der Waals surface area (Å²) in [5, 5.41) is 8.97. The number of nitrogens with zero attached hydrogens (tertiary/aromatic N) is 2. The molecule has 4 nitrogen and oxygen atoms in total. The number of aliphatic hydroxyl groups excluding tert-OH is 1. The molecule has 1 aliphatic rings. The second-order valence-electron chi connectivity index (χ2n) is 3.98. The van der Waals surface area contributed by atoms with Crippen molar-refractivity contribution in [2.75, 3.05) is 19.7 Å². The van der Waals surface area contributed by atoms with Crippen LogP contribution >= 0.6 is 0 Å². The molecule has 86 valence electrons. The van der Waals surface area contributed by atoms with Gasteiger partial charge in [0.2, 0.25) is 0 Å². The first-order valence-electron chi connectivity index (χ1n) is 5.21. The number of likely N-dealkylation sites (tertiary alicyclic amines) is 1. The van der Waals surface area contributed by atoms with Gasteiger partial charge in [-0.1, -0.05) is 0 Å². The van der Waals surface area contributed by atoms with Gasteiger partial charge in [0, 0.05) is 31.8 Å². The maximum Gasteiger partial charge on any atom is 0.255 e. The van der Waals surface area contributed by atoms with Crippen LogP contribution in [-0.2, 0) is 0 Å². The minimum absolute atomic E-state index is 0.0885. The molecular weight excluding hydrogens is 211 g/mol. The molecule has 1 amide bonds. The average Bonchev–Trinajstić information content (AvgIpc) is 2.76. The molecule has 2 heterocycles. The summed E-state index contributed by atoms with van der Waals surface area (Å²) in [5.74, 6) is -0.586. The first kappa shape index (κ1) is 11.0. The molecule has 16 heavy (non-hydrogen) atoms. The van der Waals surface area contributed by atoms with Gasteiger partial charge in [-0.2, -0.15) is 0 Å². The number of aromatic nitrogens is 1. The van der Waals surface area contributed by atoms with Crippen LogP contribution in [0.2, 0.25) is 0 Å². The van der Waals surface area contributed by atoms with Crippen LogP contribution in [0.4, 0.5) is 4.39 Å². The number of aliphatic hydroxyl groups is 1. The number of rotatable bonds is 2. The van der Waals surface area contributed by atoms with E-state index in [1.165, 1.54) is 12.3 Å². The lowest BCUT2D eigenvalue weighted by molar-refractivity contribution is 0.0781. The minimum atomic E-state index is -0.510. The Bertz CT molecular complexity index is 397. The highest BCUT2D eigenvalue weighted by Gasteiger charge is 2.26. The number of halogens is 1. The molecule has 1 fully saturated rings. The van der Waals surface area contributed by atoms with E-state index in [2.05, 4.69) is 4.98 Å². The first-order valence-corrected chi connectivity index (χ1v) is 5.21. The molecule has 1 aromatic rings. The molecule has 0 aliphatic carbocycles. The van der Waals surface area contributed by atoms with E-state index < -0.39 is 5.82 Å². The molecule has 2 rings (SSSR count). The van der Waals surface area contributed by atoms with Gasteiger partial charge in [-0.15, -0.1) is 0 Å². The third-order valence-corrected chi connectivity index (χ3v) is 2.78.